The van der Waals surface area contributed by atoms with Crippen LogP contribution in [0.5, 0.6) is 0 Å². The highest BCUT2D eigenvalue weighted by Crippen LogP contribution is 2.27. The van der Waals surface area contributed by atoms with E-state index in [4.69, 9.17) is 4.99 Å². The van der Waals surface area contributed by atoms with E-state index in [9.17, 15) is 0 Å². The molecule has 0 heterocycles. The second-order valence-corrected chi connectivity index (χ2v) is 5.06. The molecule has 2 atom stereocenters. The molecule has 1 aliphatic rings. The summed E-state index contributed by atoms with van der Waals surface area (Å²) in [6.07, 6.45) is 6.53. The van der Waals surface area contributed by atoms with Gasteiger partial charge in [-0.3, -0.25) is 4.99 Å². The van der Waals surface area contributed by atoms with Gasteiger partial charge in [-0.15, -0.1) is 0 Å². The number of benzene rings is 1. The van der Waals surface area contributed by atoms with E-state index in [1.165, 1.54) is 43.4 Å². The van der Waals surface area contributed by atoms with Gasteiger partial charge in [0, 0.05) is 5.71 Å². The number of nitrogens with zero attached hydrogens (tertiary/aromatic N) is 1. The molecule has 0 aromatic heterocycles. The van der Waals surface area contributed by atoms with Gasteiger partial charge in [-0.25, -0.2) is 0 Å². The van der Waals surface area contributed by atoms with Crippen LogP contribution in [0, 0.1) is 5.92 Å². The molecule has 0 bridgehead atoms. The van der Waals surface area contributed by atoms with Crippen LogP contribution in [-0.2, 0) is 0 Å². The summed E-state index contributed by atoms with van der Waals surface area (Å²) in [4.78, 5) is 4.98. The average Bonchev–Trinajstić information content (AvgIpc) is 2.40. The zero-order chi connectivity index (χ0) is 12.1. The van der Waals surface area contributed by atoms with E-state index in [1.54, 1.807) is 0 Å². The third-order valence-corrected chi connectivity index (χ3v) is 3.84. The first-order chi connectivity index (χ1) is 8.31. The number of aliphatic imine (C=N–C) groups is 1. The topological polar surface area (TPSA) is 12.4 Å². The van der Waals surface area contributed by atoms with Gasteiger partial charge in [-0.05, 0) is 44.1 Å². The Morgan fingerprint density at radius 1 is 1.24 bits per heavy atom. The van der Waals surface area contributed by atoms with Crippen LogP contribution >= 0.6 is 0 Å². The lowest BCUT2D eigenvalue weighted by molar-refractivity contribution is 0.509. The van der Waals surface area contributed by atoms with E-state index in [2.05, 4.69) is 44.2 Å². The van der Waals surface area contributed by atoms with Crippen LogP contribution in [0.15, 0.2) is 35.3 Å². The van der Waals surface area contributed by atoms with Crippen LogP contribution in [0.1, 0.15) is 57.6 Å². The molecule has 1 aromatic rings. The van der Waals surface area contributed by atoms with Gasteiger partial charge in [-0.1, -0.05) is 43.7 Å². The summed E-state index contributed by atoms with van der Waals surface area (Å²) in [5, 5.41) is 0. The maximum Gasteiger partial charge on any atom is 0.0720 e. The fourth-order valence-electron chi connectivity index (χ4n) is 2.73. The molecule has 0 amide bonds. The van der Waals surface area contributed by atoms with Gasteiger partial charge >= 0.3 is 0 Å². The second kappa shape index (κ2) is 6.00. The van der Waals surface area contributed by atoms with Crippen LogP contribution in [0.4, 0.5) is 0 Å². The Morgan fingerprint density at radius 3 is 2.71 bits per heavy atom. The minimum atomic E-state index is 0.318. The number of hydrogen-bond acceptors (Lipinski definition) is 1. The van der Waals surface area contributed by atoms with Gasteiger partial charge in [0.05, 0.1) is 6.04 Å². The number of hydrogen-bond donors (Lipinski definition) is 0. The normalized spacial score (nSPS) is 24.8. The molecule has 0 N–H and O–H groups in total. The lowest BCUT2D eigenvalue weighted by Gasteiger charge is -2.24. The maximum absolute atomic E-state index is 4.98. The Bertz CT molecular complexity index is 366. The standard InChI is InChI=1S/C16H23N/c1-3-14-9-7-8-12-16(14)17-13(2)15-10-5-4-6-11-15/h4-6,10-11,13-14H,3,7-9,12H2,1-2H3/b17-16+. The Labute approximate surface area is 105 Å². The van der Waals surface area contributed by atoms with Crippen molar-refractivity contribution in [3.63, 3.8) is 0 Å². The van der Waals surface area contributed by atoms with Gasteiger partial charge in [0.15, 0.2) is 0 Å². The molecular weight excluding hydrogens is 206 g/mol. The van der Waals surface area contributed by atoms with Gasteiger partial charge in [0.25, 0.3) is 0 Å². The Balaban J connectivity index is 2.12. The second-order valence-electron chi connectivity index (χ2n) is 5.06. The molecule has 0 aliphatic heterocycles. The van der Waals surface area contributed by atoms with Crippen molar-refractivity contribution >= 4 is 5.71 Å². The molecule has 0 radical (unpaired) electrons. The molecule has 2 unspecified atom stereocenters. The van der Waals surface area contributed by atoms with Gasteiger partial charge in [0.2, 0.25) is 0 Å². The predicted octanol–water partition coefficient (Wildman–Crippen LogP) is 4.79. The molecule has 0 spiro atoms. The fraction of sp³-hybridized carbons (Fsp3) is 0.562. The summed E-state index contributed by atoms with van der Waals surface area (Å²) in [6.45, 7) is 4.50. The SMILES string of the molecule is CCC1CCCC/C1=N\C(C)c1ccccc1. The maximum atomic E-state index is 4.98. The molecule has 1 aromatic carbocycles. The van der Waals surface area contributed by atoms with Crippen molar-refractivity contribution in [3.8, 4) is 0 Å². The minimum absolute atomic E-state index is 0.318. The van der Waals surface area contributed by atoms with Crippen LogP contribution in [0.2, 0.25) is 0 Å². The lowest BCUT2D eigenvalue weighted by Crippen LogP contribution is -2.19. The van der Waals surface area contributed by atoms with E-state index < -0.39 is 0 Å². The summed E-state index contributed by atoms with van der Waals surface area (Å²) >= 11 is 0. The lowest BCUT2D eigenvalue weighted by atomic mass is 9.85. The van der Waals surface area contributed by atoms with Crippen molar-refractivity contribution in [1.82, 2.24) is 0 Å². The van der Waals surface area contributed by atoms with Crippen molar-refractivity contribution < 1.29 is 0 Å². The first-order valence-electron chi connectivity index (χ1n) is 6.92. The van der Waals surface area contributed by atoms with E-state index in [0.717, 1.165) is 5.92 Å². The first kappa shape index (κ1) is 12.3. The number of rotatable bonds is 3. The quantitative estimate of drug-likeness (QED) is 0.706. The Kier molecular flexibility index (Phi) is 4.36. The van der Waals surface area contributed by atoms with Crippen molar-refractivity contribution in [3.05, 3.63) is 35.9 Å². The van der Waals surface area contributed by atoms with Crippen LogP contribution in [-0.4, -0.2) is 5.71 Å². The molecule has 1 fully saturated rings. The largest absolute Gasteiger partial charge is 0.286 e. The molecule has 1 nitrogen and oxygen atoms in total. The van der Waals surface area contributed by atoms with Crippen molar-refractivity contribution in [2.24, 2.45) is 10.9 Å². The monoisotopic (exact) mass is 229 g/mol. The van der Waals surface area contributed by atoms with Crippen molar-refractivity contribution in [2.45, 2.75) is 52.0 Å². The molecular formula is C16H23N. The minimum Gasteiger partial charge on any atom is -0.286 e. The molecule has 2 rings (SSSR count). The van der Waals surface area contributed by atoms with Crippen LogP contribution in [0.3, 0.4) is 0 Å². The van der Waals surface area contributed by atoms with Crippen LogP contribution in [0.25, 0.3) is 0 Å². The van der Waals surface area contributed by atoms with Crippen molar-refractivity contribution in [1.29, 1.82) is 0 Å². The molecule has 17 heavy (non-hydrogen) atoms. The van der Waals surface area contributed by atoms with Gasteiger partial charge in [0.1, 0.15) is 0 Å². The highest BCUT2D eigenvalue weighted by atomic mass is 14.8. The molecule has 92 valence electrons. The van der Waals surface area contributed by atoms with Crippen molar-refractivity contribution in [2.75, 3.05) is 0 Å². The molecule has 0 saturated heterocycles. The third-order valence-electron chi connectivity index (χ3n) is 3.84. The Hall–Kier alpha value is -1.11. The van der Waals surface area contributed by atoms with Gasteiger partial charge < -0.3 is 0 Å². The van der Waals surface area contributed by atoms with Crippen LogP contribution < -0.4 is 0 Å². The first-order valence-corrected chi connectivity index (χ1v) is 6.92. The highest BCUT2D eigenvalue weighted by molar-refractivity contribution is 5.87. The zero-order valence-electron chi connectivity index (χ0n) is 11.0. The summed E-state index contributed by atoms with van der Waals surface area (Å²) < 4.78 is 0. The van der Waals surface area contributed by atoms with E-state index in [1.807, 2.05) is 0 Å². The van der Waals surface area contributed by atoms with E-state index in [-0.39, 0.29) is 0 Å². The highest BCUT2D eigenvalue weighted by Gasteiger charge is 2.19. The third kappa shape index (κ3) is 3.18. The molecule has 1 heteroatoms. The van der Waals surface area contributed by atoms with E-state index in [0.29, 0.717) is 6.04 Å². The summed E-state index contributed by atoms with van der Waals surface area (Å²) in [5.41, 5.74) is 2.80. The molecule has 1 aliphatic carbocycles. The molecule has 1 saturated carbocycles. The van der Waals surface area contributed by atoms with Gasteiger partial charge in [-0.2, -0.15) is 0 Å². The van der Waals surface area contributed by atoms with E-state index >= 15 is 0 Å². The zero-order valence-corrected chi connectivity index (χ0v) is 11.0. The Morgan fingerprint density at radius 2 is 2.00 bits per heavy atom. The smallest absolute Gasteiger partial charge is 0.0720 e. The fourth-order valence-corrected chi connectivity index (χ4v) is 2.73. The summed E-state index contributed by atoms with van der Waals surface area (Å²) in [5.74, 6) is 0.745. The summed E-state index contributed by atoms with van der Waals surface area (Å²) in [7, 11) is 0. The summed E-state index contributed by atoms with van der Waals surface area (Å²) in [6, 6.07) is 10.9. The predicted molar refractivity (Wildman–Crippen MR) is 74.5 cm³/mol. The average molecular weight is 229 g/mol.